The van der Waals surface area contributed by atoms with Crippen LogP contribution < -0.4 is 22.0 Å². The zero-order valence-electron chi connectivity index (χ0n) is 30.4. The Morgan fingerprint density at radius 3 is 2.02 bits per heavy atom. The maximum absolute atomic E-state index is 14.2. The summed E-state index contributed by atoms with van der Waals surface area (Å²) in [7, 11) is -4.29. The first-order chi connectivity index (χ1) is 26.0. The molecule has 0 aliphatic carbocycles. The van der Waals surface area contributed by atoms with E-state index in [4.69, 9.17) is 15.9 Å². The Balaban J connectivity index is 1.56. The first-order valence-corrected chi connectivity index (χ1v) is 19.4. The van der Waals surface area contributed by atoms with Crippen LogP contribution in [0.3, 0.4) is 0 Å². The third kappa shape index (κ3) is 9.68. The first kappa shape index (κ1) is 39.6. The molecule has 4 aromatic rings. The third-order valence-electron chi connectivity index (χ3n) is 9.16. The zero-order chi connectivity index (χ0) is 38.7. The van der Waals surface area contributed by atoms with Gasteiger partial charge in [0, 0.05) is 26.2 Å². The van der Waals surface area contributed by atoms with Crippen LogP contribution in [0.2, 0.25) is 0 Å². The number of carbonyl (C=O) groups is 2. The van der Waals surface area contributed by atoms with Crippen LogP contribution in [0.1, 0.15) is 55.3 Å². The predicted molar refractivity (Wildman–Crippen MR) is 202 cm³/mol. The summed E-state index contributed by atoms with van der Waals surface area (Å²) in [5, 5.41) is 5.36. The molecule has 0 saturated carbocycles. The van der Waals surface area contributed by atoms with Crippen molar-refractivity contribution in [1.29, 1.82) is 0 Å². The standard InChI is InChI=1S/C39H46N6O8S/c1-4-6-7-14-24-43-38(48)44-28-34(52-36(46)40-25-30-15-10-8-11-16-30)35(53-37(47)41-26-31-17-12-9-13-18-31)33(45(44)39(43)49)27-42(23-5-2)54(50,51)32-21-19-29(3)20-22-32/h2,8-13,15-22,33-35H,4,6-7,14,23-28H2,1,3H3,(H,40,46)(H,41,47)/t33-,34+,35-/m1/s1. The molecular formula is C39H46N6O8S. The molecule has 0 fully saturated rings. The van der Waals surface area contributed by atoms with Crippen LogP contribution in [0.25, 0.3) is 0 Å². The number of ether oxygens (including phenoxy) is 2. The number of unbranched alkanes of at least 4 members (excludes halogenated alkanes) is 3. The molecule has 2 heterocycles. The van der Waals surface area contributed by atoms with E-state index in [2.05, 4.69) is 16.6 Å². The van der Waals surface area contributed by atoms with E-state index < -0.39 is 64.9 Å². The maximum atomic E-state index is 14.2. The van der Waals surface area contributed by atoms with Crippen molar-refractivity contribution in [1.82, 2.24) is 28.9 Å². The van der Waals surface area contributed by atoms with E-state index in [0.29, 0.717) is 6.42 Å². The van der Waals surface area contributed by atoms with Crippen molar-refractivity contribution >= 4 is 22.2 Å². The second kappa shape index (κ2) is 18.4. The van der Waals surface area contributed by atoms with Gasteiger partial charge in [-0.3, -0.25) is 0 Å². The van der Waals surface area contributed by atoms with Crippen molar-refractivity contribution in [3.63, 3.8) is 0 Å². The lowest BCUT2D eigenvalue weighted by Gasteiger charge is -2.39. The normalized spacial score (nSPS) is 16.6. The second-order valence-corrected chi connectivity index (χ2v) is 15.0. The van der Waals surface area contributed by atoms with Gasteiger partial charge in [0.15, 0.2) is 12.2 Å². The van der Waals surface area contributed by atoms with E-state index in [0.717, 1.165) is 54.2 Å². The van der Waals surface area contributed by atoms with Crippen molar-refractivity contribution < 1.29 is 27.5 Å². The molecule has 0 saturated heterocycles. The molecule has 0 unspecified atom stereocenters. The molecule has 2 N–H and O–H groups in total. The van der Waals surface area contributed by atoms with Crippen molar-refractivity contribution in [2.75, 3.05) is 13.1 Å². The molecular weight excluding hydrogens is 713 g/mol. The van der Waals surface area contributed by atoms with Crippen LogP contribution in [0, 0.1) is 19.3 Å². The summed E-state index contributed by atoms with van der Waals surface area (Å²) in [5.41, 5.74) is 1.01. The van der Waals surface area contributed by atoms with Gasteiger partial charge in [-0.25, -0.2) is 41.5 Å². The number of carbonyl (C=O) groups excluding carboxylic acids is 2. The number of terminal acetylenes is 1. The number of hydrogen-bond donors (Lipinski definition) is 2. The fourth-order valence-electron chi connectivity index (χ4n) is 6.32. The van der Waals surface area contributed by atoms with E-state index in [1.165, 1.54) is 12.1 Å². The summed E-state index contributed by atoms with van der Waals surface area (Å²) in [6.45, 7) is 2.88. The minimum absolute atomic E-state index is 0.0523. The van der Waals surface area contributed by atoms with E-state index in [-0.39, 0.29) is 31.1 Å². The minimum Gasteiger partial charge on any atom is -0.440 e. The topological polar surface area (TPSA) is 163 Å². The molecule has 5 rings (SSSR count). The van der Waals surface area contributed by atoms with E-state index in [1.807, 2.05) is 74.5 Å². The number of rotatable bonds is 16. The fourth-order valence-corrected chi connectivity index (χ4v) is 7.69. The number of benzene rings is 3. The molecule has 54 heavy (non-hydrogen) atoms. The van der Waals surface area contributed by atoms with Crippen molar-refractivity contribution in [3.05, 3.63) is 123 Å². The Kier molecular flexibility index (Phi) is 13.5. The van der Waals surface area contributed by atoms with Gasteiger partial charge in [0.1, 0.15) is 6.04 Å². The first-order valence-electron chi connectivity index (χ1n) is 17.9. The monoisotopic (exact) mass is 758 g/mol. The number of sulfonamides is 1. The number of aryl methyl sites for hydroxylation is 1. The van der Waals surface area contributed by atoms with Gasteiger partial charge >= 0.3 is 23.6 Å². The van der Waals surface area contributed by atoms with E-state index in [1.54, 1.807) is 12.1 Å². The van der Waals surface area contributed by atoms with Crippen molar-refractivity contribution in [3.8, 4) is 12.3 Å². The van der Waals surface area contributed by atoms with Crippen LogP contribution in [-0.4, -0.2) is 64.1 Å². The van der Waals surface area contributed by atoms with Crippen molar-refractivity contribution in [2.24, 2.45) is 0 Å². The number of nitrogens with one attached hydrogen (secondary N) is 2. The quantitative estimate of drug-likeness (QED) is 0.127. The smallest absolute Gasteiger partial charge is 0.407 e. The molecule has 286 valence electrons. The number of alkyl carbamates (subject to hydrolysis) is 2. The van der Waals surface area contributed by atoms with Crippen LogP contribution in [0.15, 0.2) is 99.4 Å². The maximum Gasteiger partial charge on any atom is 0.407 e. The number of fused-ring (bicyclic) bond motifs is 1. The van der Waals surface area contributed by atoms with Gasteiger partial charge in [-0.15, -0.1) is 6.42 Å². The van der Waals surface area contributed by atoms with Gasteiger partial charge in [0.25, 0.3) is 0 Å². The molecule has 1 aromatic heterocycles. The third-order valence-corrected chi connectivity index (χ3v) is 11.0. The lowest BCUT2D eigenvalue weighted by Crippen LogP contribution is -2.57. The molecule has 14 nitrogen and oxygen atoms in total. The molecule has 1 aliphatic heterocycles. The summed E-state index contributed by atoms with van der Waals surface area (Å²) in [4.78, 5) is 54.8. The highest BCUT2D eigenvalue weighted by molar-refractivity contribution is 7.89. The predicted octanol–water partition coefficient (Wildman–Crippen LogP) is 4.17. The van der Waals surface area contributed by atoms with Gasteiger partial charge in [-0.05, 0) is 36.6 Å². The van der Waals surface area contributed by atoms with Gasteiger partial charge in [0.2, 0.25) is 10.0 Å². The SMILES string of the molecule is C#CCN(C[C@@H]1[C@@H](OC(=O)NCc2ccccc2)[C@@H](OC(=O)NCc2ccccc2)Cn2c(=O)n(CCCCCC)c(=O)n21)S(=O)(=O)c1ccc(C)cc1. The summed E-state index contributed by atoms with van der Waals surface area (Å²) >= 11 is 0. The molecule has 0 spiro atoms. The number of amides is 2. The second-order valence-electron chi connectivity index (χ2n) is 13.1. The van der Waals surface area contributed by atoms with E-state index in [9.17, 15) is 27.6 Å². The highest BCUT2D eigenvalue weighted by atomic mass is 32.2. The Hall–Kier alpha value is -5.59. The summed E-state index contributed by atoms with van der Waals surface area (Å²) in [6.07, 6.45) is 4.29. The van der Waals surface area contributed by atoms with Crippen LogP contribution >= 0.6 is 0 Å². The van der Waals surface area contributed by atoms with Crippen LogP contribution in [-0.2, 0) is 45.7 Å². The average molecular weight is 759 g/mol. The molecule has 1 aliphatic rings. The highest BCUT2D eigenvalue weighted by Crippen LogP contribution is 2.28. The lowest BCUT2D eigenvalue weighted by atomic mass is 10.0. The molecule has 15 heteroatoms. The van der Waals surface area contributed by atoms with Crippen molar-refractivity contribution in [2.45, 2.75) is 88.9 Å². The largest absolute Gasteiger partial charge is 0.440 e. The lowest BCUT2D eigenvalue weighted by molar-refractivity contribution is -0.0715. The Morgan fingerprint density at radius 1 is 0.852 bits per heavy atom. The Bertz CT molecular complexity index is 2140. The van der Waals surface area contributed by atoms with Gasteiger partial charge < -0.3 is 20.1 Å². The van der Waals surface area contributed by atoms with Gasteiger partial charge in [0.05, 0.1) is 18.0 Å². The van der Waals surface area contributed by atoms with Gasteiger partial charge in [-0.1, -0.05) is 110 Å². The fraction of sp³-hybridized carbons (Fsp3) is 0.385. The Morgan fingerprint density at radius 2 is 1.44 bits per heavy atom. The van der Waals surface area contributed by atoms with Crippen LogP contribution in [0.5, 0.6) is 0 Å². The highest BCUT2D eigenvalue weighted by Gasteiger charge is 2.46. The zero-order valence-corrected chi connectivity index (χ0v) is 31.2. The van der Waals surface area contributed by atoms with Gasteiger partial charge in [-0.2, -0.15) is 4.31 Å². The molecule has 3 atom stereocenters. The Labute approximate surface area is 314 Å². The molecule has 0 bridgehead atoms. The number of aromatic nitrogens is 3. The van der Waals surface area contributed by atoms with Crippen LogP contribution in [0.4, 0.5) is 9.59 Å². The minimum atomic E-state index is -4.29. The summed E-state index contributed by atoms with van der Waals surface area (Å²) in [6, 6.07) is 23.0. The van der Waals surface area contributed by atoms with E-state index >= 15 is 0 Å². The molecule has 3 aromatic carbocycles. The summed E-state index contributed by atoms with van der Waals surface area (Å²) < 4.78 is 44.3. The number of nitrogens with zero attached hydrogens (tertiary/aromatic N) is 4. The average Bonchev–Trinajstić information content (AvgIpc) is 3.40. The summed E-state index contributed by atoms with van der Waals surface area (Å²) in [5.74, 6) is 2.38. The molecule has 2 amide bonds. The number of hydrogen-bond acceptors (Lipinski definition) is 8. The molecule has 0 radical (unpaired) electrons.